The van der Waals surface area contributed by atoms with Crippen molar-refractivity contribution in [3.8, 4) is 11.5 Å². The minimum atomic E-state index is -0.339. The van der Waals surface area contributed by atoms with Crippen molar-refractivity contribution < 1.29 is 24.2 Å². The van der Waals surface area contributed by atoms with Crippen LogP contribution in [-0.2, 0) is 14.3 Å². The molecule has 0 saturated carbocycles. The number of benzene rings is 3. The lowest BCUT2D eigenvalue weighted by atomic mass is 9.69. The van der Waals surface area contributed by atoms with E-state index in [1.165, 1.54) is 16.0 Å². The van der Waals surface area contributed by atoms with Crippen molar-refractivity contribution in [1.82, 2.24) is 4.90 Å². The van der Waals surface area contributed by atoms with Gasteiger partial charge in [0.1, 0.15) is 18.1 Å². The normalized spacial score (nSPS) is 24.0. The second kappa shape index (κ2) is 12.1. The number of allylic oxidation sites excluding steroid dienone is 1. The Morgan fingerprint density at radius 3 is 2.50 bits per heavy atom. The summed E-state index contributed by atoms with van der Waals surface area (Å²) in [7, 11) is 0. The van der Waals surface area contributed by atoms with Gasteiger partial charge in [-0.1, -0.05) is 74.0 Å². The number of fused-ring (bicyclic) bond motifs is 4. The second-order valence-corrected chi connectivity index (χ2v) is 11.7. The number of nitrogens with zero attached hydrogens (tertiary/aromatic N) is 1. The number of carbonyl (C=O) groups excluding carboxylic acids is 2. The summed E-state index contributed by atoms with van der Waals surface area (Å²) in [6, 6.07) is 21.4. The second-order valence-electron chi connectivity index (χ2n) is 11.7. The number of likely N-dealkylation sites (tertiary alicyclic amines) is 1. The molecule has 2 saturated heterocycles. The average molecular weight is 566 g/mol. The van der Waals surface area contributed by atoms with E-state index >= 15 is 0 Å². The lowest BCUT2D eigenvalue weighted by Gasteiger charge is -2.31. The molecule has 3 aromatic carbocycles. The summed E-state index contributed by atoms with van der Waals surface area (Å²) in [5.74, 6) is 0.253. The summed E-state index contributed by atoms with van der Waals surface area (Å²) in [6.07, 6.45) is 5.98. The van der Waals surface area contributed by atoms with Crippen molar-refractivity contribution in [2.24, 2.45) is 17.8 Å². The van der Waals surface area contributed by atoms with Crippen LogP contribution in [0.15, 0.2) is 83.4 Å². The number of hydrogen-bond acceptors (Lipinski definition) is 5. The smallest absolute Gasteiger partial charge is 0.233 e. The van der Waals surface area contributed by atoms with Gasteiger partial charge in [0.2, 0.25) is 11.8 Å². The maximum Gasteiger partial charge on any atom is 0.233 e. The highest BCUT2D eigenvalue weighted by Crippen LogP contribution is 2.50. The van der Waals surface area contributed by atoms with Crippen molar-refractivity contribution in [3.63, 3.8) is 0 Å². The molecule has 0 bridgehead atoms. The Morgan fingerprint density at radius 1 is 0.976 bits per heavy atom. The summed E-state index contributed by atoms with van der Waals surface area (Å²) in [5, 5.41) is 12.2. The van der Waals surface area contributed by atoms with E-state index in [9.17, 15) is 14.7 Å². The minimum absolute atomic E-state index is 0.0324. The van der Waals surface area contributed by atoms with Crippen LogP contribution in [0.3, 0.4) is 0 Å². The molecule has 2 fully saturated rings. The van der Waals surface area contributed by atoms with Gasteiger partial charge in [0.15, 0.2) is 0 Å². The number of ether oxygens (including phenoxy) is 2. The van der Waals surface area contributed by atoms with Crippen LogP contribution in [0, 0.1) is 17.8 Å². The van der Waals surface area contributed by atoms with Crippen molar-refractivity contribution in [2.45, 2.75) is 52.1 Å². The van der Waals surface area contributed by atoms with Gasteiger partial charge in [-0.15, -0.1) is 0 Å². The zero-order valence-corrected chi connectivity index (χ0v) is 24.4. The summed E-state index contributed by atoms with van der Waals surface area (Å²) < 4.78 is 12.7. The molecule has 0 unspecified atom stereocenters. The summed E-state index contributed by atoms with van der Waals surface area (Å²) in [5.41, 5.74) is 4.68. The maximum absolute atomic E-state index is 13.5. The Kier molecular flexibility index (Phi) is 8.16. The fourth-order valence-corrected chi connectivity index (χ4v) is 7.12. The molecule has 218 valence electrons. The highest BCUT2D eigenvalue weighted by atomic mass is 16.5. The van der Waals surface area contributed by atoms with Crippen LogP contribution in [0.4, 0.5) is 0 Å². The molecule has 2 aliphatic heterocycles. The molecule has 6 heteroatoms. The lowest BCUT2D eigenvalue weighted by Crippen LogP contribution is -2.35. The van der Waals surface area contributed by atoms with Crippen LogP contribution in [0.25, 0.3) is 16.8 Å². The van der Waals surface area contributed by atoms with Gasteiger partial charge < -0.3 is 14.6 Å². The Labute approximate surface area is 247 Å². The van der Waals surface area contributed by atoms with E-state index in [-0.39, 0.29) is 41.4 Å². The molecule has 42 heavy (non-hydrogen) atoms. The van der Waals surface area contributed by atoms with Crippen LogP contribution < -0.4 is 4.74 Å². The van der Waals surface area contributed by atoms with Crippen LogP contribution in [0.2, 0.25) is 0 Å². The maximum atomic E-state index is 13.5. The van der Waals surface area contributed by atoms with Crippen LogP contribution in [0.1, 0.15) is 51.5 Å². The van der Waals surface area contributed by atoms with Crippen molar-refractivity contribution in [1.29, 1.82) is 0 Å². The Balaban J connectivity index is 1.27. The average Bonchev–Trinajstić information content (AvgIpc) is 3.54. The first-order valence-electron chi connectivity index (χ1n) is 15.3. The summed E-state index contributed by atoms with van der Waals surface area (Å²) in [4.78, 5) is 28.3. The Bertz CT molecular complexity index is 1540. The molecule has 3 aromatic rings. The molecular weight excluding hydrogens is 526 g/mol. The SMILES string of the molecule is CCCN1C(=O)[C@@H]2[C@@H](CC(COc3ccccc3)=C3[C@@H](CC/C(=C/c4ccc(O)c5ccccc45)CC)OC[C@@H]32)C1=O. The van der Waals surface area contributed by atoms with Crippen LogP contribution in [-0.4, -0.2) is 47.7 Å². The molecule has 4 atom stereocenters. The number of carbonyl (C=O) groups is 2. The van der Waals surface area contributed by atoms with Crippen molar-refractivity contribution in [3.05, 3.63) is 89.0 Å². The van der Waals surface area contributed by atoms with Gasteiger partial charge in [-0.25, -0.2) is 0 Å². The molecule has 2 heterocycles. The fraction of sp³-hybridized carbons (Fsp3) is 0.389. The monoisotopic (exact) mass is 565 g/mol. The third kappa shape index (κ3) is 5.24. The highest BCUT2D eigenvalue weighted by molar-refractivity contribution is 6.06. The molecule has 0 spiro atoms. The lowest BCUT2D eigenvalue weighted by molar-refractivity contribution is -0.140. The molecule has 3 aliphatic rings. The predicted octanol–water partition coefficient (Wildman–Crippen LogP) is 6.92. The predicted molar refractivity (Wildman–Crippen MR) is 164 cm³/mol. The fourth-order valence-electron chi connectivity index (χ4n) is 7.12. The molecule has 1 aliphatic carbocycles. The van der Waals surface area contributed by atoms with Gasteiger partial charge in [0, 0.05) is 17.8 Å². The third-order valence-corrected chi connectivity index (χ3v) is 9.18. The zero-order chi connectivity index (χ0) is 29.2. The van der Waals surface area contributed by atoms with E-state index in [1.807, 2.05) is 67.6 Å². The molecule has 2 amide bonds. The quantitative estimate of drug-likeness (QED) is 0.213. The zero-order valence-electron chi connectivity index (χ0n) is 24.4. The minimum Gasteiger partial charge on any atom is -0.507 e. The van der Waals surface area contributed by atoms with E-state index in [1.54, 1.807) is 6.07 Å². The first-order chi connectivity index (χ1) is 20.5. The Hall–Kier alpha value is -3.90. The Morgan fingerprint density at radius 2 is 1.74 bits per heavy atom. The molecular formula is C36H39NO5. The number of hydrogen-bond donors (Lipinski definition) is 1. The first-order valence-corrected chi connectivity index (χ1v) is 15.3. The molecule has 0 radical (unpaired) electrons. The van der Waals surface area contributed by atoms with E-state index in [0.717, 1.165) is 53.3 Å². The number of amides is 2. The third-order valence-electron chi connectivity index (χ3n) is 9.18. The first kappa shape index (κ1) is 28.2. The van der Waals surface area contributed by atoms with Crippen molar-refractivity contribution >= 4 is 28.7 Å². The summed E-state index contributed by atoms with van der Waals surface area (Å²) in [6.45, 7) is 5.50. The van der Waals surface area contributed by atoms with Crippen molar-refractivity contribution in [2.75, 3.05) is 19.8 Å². The standard InChI is InChI=1S/C36H39NO5/c1-3-18-37-35(39)29-20-25(21-41-26-10-6-5-7-11-26)33-30(34(29)36(37)40)22-42-32(33)17-14-23(4-2)19-24-15-16-31(38)28-13-9-8-12-27(24)28/h5-13,15-16,19,29-30,32,34,38H,3-4,14,17-18,20-22H2,1-2H3/b23-19+/t29-,30+,32-,34-/m1/s1. The van der Waals surface area contributed by atoms with Gasteiger partial charge in [-0.2, -0.15) is 0 Å². The molecule has 6 rings (SSSR count). The molecule has 6 nitrogen and oxygen atoms in total. The molecule has 0 aromatic heterocycles. The topological polar surface area (TPSA) is 76.1 Å². The van der Waals surface area contributed by atoms with E-state index in [2.05, 4.69) is 13.0 Å². The summed E-state index contributed by atoms with van der Waals surface area (Å²) >= 11 is 0. The number of rotatable bonds is 10. The largest absolute Gasteiger partial charge is 0.507 e. The highest BCUT2D eigenvalue weighted by Gasteiger charge is 2.56. The van der Waals surface area contributed by atoms with Gasteiger partial charge in [0.25, 0.3) is 0 Å². The van der Waals surface area contributed by atoms with E-state index in [0.29, 0.717) is 26.2 Å². The number of phenols is 1. The number of para-hydroxylation sites is 1. The van der Waals surface area contributed by atoms with Gasteiger partial charge >= 0.3 is 0 Å². The molecule has 1 N–H and O–H groups in total. The van der Waals surface area contributed by atoms with Crippen LogP contribution in [0.5, 0.6) is 11.5 Å². The van der Waals surface area contributed by atoms with Gasteiger partial charge in [0.05, 0.1) is 24.5 Å². The number of imide groups is 1. The van der Waals surface area contributed by atoms with E-state index in [4.69, 9.17) is 9.47 Å². The van der Waals surface area contributed by atoms with Gasteiger partial charge in [-0.05, 0) is 72.4 Å². The number of aromatic hydroxyl groups is 1. The van der Waals surface area contributed by atoms with Gasteiger partial charge in [-0.3, -0.25) is 14.5 Å². The van der Waals surface area contributed by atoms with Crippen LogP contribution >= 0.6 is 0 Å². The number of phenolic OH excluding ortho intramolecular Hbond substituents is 1. The van der Waals surface area contributed by atoms with E-state index < -0.39 is 0 Å².